The van der Waals surface area contributed by atoms with Crippen molar-refractivity contribution in [3.63, 3.8) is 0 Å². The summed E-state index contributed by atoms with van der Waals surface area (Å²) in [6.07, 6.45) is 3.81. The number of carbonyl (C=O) groups excluding carboxylic acids is 1. The van der Waals surface area contributed by atoms with Crippen LogP contribution in [-0.2, 0) is 21.4 Å². The lowest BCUT2D eigenvalue weighted by molar-refractivity contribution is -0.115. The predicted molar refractivity (Wildman–Crippen MR) is 177 cm³/mol. The van der Waals surface area contributed by atoms with E-state index in [9.17, 15) is 13.2 Å². The molecule has 2 aliphatic heterocycles. The first kappa shape index (κ1) is 29.8. The first-order chi connectivity index (χ1) is 21.2. The van der Waals surface area contributed by atoms with E-state index in [0.29, 0.717) is 33.8 Å². The van der Waals surface area contributed by atoms with Crippen molar-refractivity contribution in [3.8, 4) is 0 Å². The second kappa shape index (κ2) is 12.4. The fourth-order valence-electron chi connectivity index (χ4n) is 6.49. The molecule has 0 bridgehead atoms. The van der Waals surface area contributed by atoms with Crippen LogP contribution in [0.15, 0.2) is 94.8 Å². The smallest absolute Gasteiger partial charge is 0.262 e. The molecule has 0 saturated carbocycles. The molecule has 8 heteroatoms. The molecule has 0 spiro atoms. The fraction of sp³-hybridized carbons (Fsp3) is 0.278. The zero-order valence-corrected chi connectivity index (χ0v) is 26.2. The number of amides is 1. The molecule has 4 aromatic carbocycles. The predicted octanol–water partition coefficient (Wildman–Crippen LogP) is 7.26. The number of nitrogens with zero attached hydrogens (tertiary/aromatic N) is 2. The van der Waals surface area contributed by atoms with Crippen LogP contribution in [0, 0.1) is 20.8 Å². The van der Waals surface area contributed by atoms with Gasteiger partial charge in [-0.2, -0.15) is 0 Å². The first-order valence-corrected chi connectivity index (χ1v) is 16.7. The number of likely N-dealkylation sites (tertiary alicyclic amines) is 1. The molecule has 2 heterocycles. The van der Waals surface area contributed by atoms with Gasteiger partial charge in [0.15, 0.2) is 0 Å². The average molecular weight is 607 g/mol. The summed E-state index contributed by atoms with van der Waals surface area (Å²) >= 11 is 0. The highest BCUT2D eigenvalue weighted by molar-refractivity contribution is 7.92. The summed E-state index contributed by atoms with van der Waals surface area (Å²) in [6, 6.07) is 26.8. The number of aliphatic imine (C=N–C) groups is 1. The van der Waals surface area contributed by atoms with Crippen molar-refractivity contribution in [2.45, 2.75) is 57.4 Å². The van der Waals surface area contributed by atoms with Crippen molar-refractivity contribution >= 4 is 38.7 Å². The first-order valence-electron chi connectivity index (χ1n) is 15.2. The zero-order chi connectivity index (χ0) is 30.8. The lowest BCUT2D eigenvalue weighted by atomic mass is 9.90. The Morgan fingerprint density at radius 1 is 0.886 bits per heavy atom. The van der Waals surface area contributed by atoms with Gasteiger partial charge in [0.1, 0.15) is 5.92 Å². The molecule has 44 heavy (non-hydrogen) atoms. The summed E-state index contributed by atoms with van der Waals surface area (Å²) in [6.45, 7) is 8.75. The quantitative estimate of drug-likeness (QED) is 0.207. The number of aryl methyl sites for hydroxylation is 3. The molecule has 0 aliphatic carbocycles. The van der Waals surface area contributed by atoms with Crippen LogP contribution in [0.4, 0.5) is 17.1 Å². The van der Waals surface area contributed by atoms with Gasteiger partial charge in [-0.15, -0.1) is 0 Å². The van der Waals surface area contributed by atoms with E-state index in [4.69, 9.17) is 4.99 Å². The maximum absolute atomic E-state index is 13.5. The number of piperidine rings is 1. The van der Waals surface area contributed by atoms with Crippen molar-refractivity contribution in [2.24, 2.45) is 4.99 Å². The summed E-state index contributed by atoms with van der Waals surface area (Å²) in [5.41, 5.74) is 7.53. The van der Waals surface area contributed by atoms with E-state index in [1.165, 1.54) is 24.8 Å². The molecule has 226 valence electrons. The van der Waals surface area contributed by atoms with E-state index in [1.54, 1.807) is 32.0 Å². The molecule has 1 amide bonds. The van der Waals surface area contributed by atoms with E-state index in [-0.39, 0.29) is 10.8 Å². The van der Waals surface area contributed by atoms with Crippen LogP contribution in [0.5, 0.6) is 0 Å². The van der Waals surface area contributed by atoms with Gasteiger partial charge in [-0.1, -0.05) is 66.6 Å². The molecule has 4 aromatic rings. The number of benzene rings is 4. The third-order valence-corrected chi connectivity index (χ3v) is 10.1. The SMILES string of the molecule is Cc1cc(C)c(S(=O)(=O)Nc2ccc3c(c2)C(C(=Nc2ccc(CN4CCCCC4)cc2)c2ccccc2)C(=O)N3)c(C)c1. The maximum Gasteiger partial charge on any atom is 0.262 e. The summed E-state index contributed by atoms with van der Waals surface area (Å²) in [5, 5.41) is 2.98. The van der Waals surface area contributed by atoms with Crippen molar-refractivity contribution in [1.82, 2.24) is 4.90 Å². The van der Waals surface area contributed by atoms with Crippen LogP contribution in [0.1, 0.15) is 58.6 Å². The van der Waals surface area contributed by atoms with Crippen LogP contribution in [0.3, 0.4) is 0 Å². The van der Waals surface area contributed by atoms with Gasteiger partial charge in [0.05, 0.1) is 16.3 Å². The largest absolute Gasteiger partial charge is 0.325 e. The summed E-state index contributed by atoms with van der Waals surface area (Å²) in [7, 11) is -3.86. The van der Waals surface area contributed by atoms with E-state index in [1.807, 2.05) is 61.5 Å². The highest BCUT2D eigenvalue weighted by Crippen LogP contribution is 2.38. The van der Waals surface area contributed by atoms with Gasteiger partial charge >= 0.3 is 0 Å². The second-order valence-corrected chi connectivity index (χ2v) is 13.5. The average Bonchev–Trinajstić information content (AvgIpc) is 3.31. The molecule has 1 unspecified atom stereocenters. The number of anilines is 2. The molecule has 1 atom stereocenters. The Labute approximate surface area is 260 Å². The van der Waals surface area contributed by atoms with Gasteiger partial charge in [0.25, 0.3) is 10.0 Å². The minimum atomic E-state index is -3.86. The maximum atomic E-state index is 13.5. The lowest BCUT2D eigenvalue weighted by Gasteiger charge is -2.26. The Hall–Kier alpha value is -4.27. The fourth-order valence-corrected chi connectivity index (χ4v) is 7.99. The number of carbonyl (C=O) groups is 1. The molecule has 2 N–H and O–H groups in total. The van der Waals surface area contributed by atoms with Crippen LogP contribution in [0.2, 0.25) is 0 Å². The second-order valence-electron chi connectivity index (χ2n) is 11.9. The Balaban J connectivity index is 1.34. The van der Waals surface area contributed by atoms with E-state index < -0.39 is 15.9 Å². The molecule has 1 fully saturated rings. The Bertz CT molecular complexity index is 1800. The van der Waals surface area contributed by atoms with Crippen LogP contribution < -0.4 is 10.0 Å². The Kier molecular flexibility index (Phi) is 8.38. The minimum absolute atomic E-state index is 0.199. The standard InChI is InChI=1S/C36H38N4O3S/c1-24-20-25(2)35(26(3)21-24)44(42,43)39-30-16-17-32-31(22-30)33(36(41)38-32)34(28-10-6-4-7-11-28)37-29-14-12-27(13-15-29)23-40-18-8-5-9-19-40/h4,6-7,10-17,20-22,33,39H,5,8-9,18-19,23H2,1-3H3,(H,38,41). The van der Waals surface area contributed by atoms with E-state index >= 15 is 0 Å². The molecule has 1 saturated heterocycles. The number of nitrogens with one attached hydrogen (secondary N) is 2. The molecule has 0 radical (unpaired) electrons. The molecular formula is C36H38N4O3S. The van der Waals surface area contributed by atoms with Crippen LogP contribution in [0.25, 0.3) is 0 Å². The number of rotatable bonds is 8. The molecule has 7 nitrogen and oxygen atoms in total. The summed E-state index contributed by atoms with van der Waals surface area (Å²) in [4.78, 5) is 21.3. The highest BCUT2D eigenvalue weighted by atomic mass is 32.2. The monoisotopic (exact) mass is 606 g/mol. The lowest BCUT2D eigenvalue weighted by Crippen LogP contribution is -2.28. The van der Waals surface area contributed by atoms with Crippen LogP contribution in [-0.4, -0.2) is 38.0 Å². The molecular weight excluding hydrogens is 568 g/mol. The Morgan fingerprint density at radius 3 is 2.25 bits per heavy atom. The van der Waals surface area contributed by atoms with Crippen LogP contribution >= 0.6 is 0 Å². The van der Waals surface area contributed by atoms with Gasteiger partial charge in [-0.3, -0.25) is 19.4 Å². The molecule has 6 rings (SSSR count). The summed E-state index contributed by atoms with van der Waals surface area (Å²) in [5.74, 6) is -0.915. The number of hydrogen-bond acceptors (Lipinski definition) is 5. The van der Waals surface area contributed by atoms with Gasteiger partial charge in [-0.05, 0) is 105 Å². The topological polar surface area (TPSA) is 90.9 Å². The Morgan fingerprint density at radius 2 is 1.57 bits per heavy atom. The van der Waals surface area contributed by atoms with Crippen molar-refractivity contribution < 1.29 is 13.2 Å². The summed E-state index contributed by atoms with van der Waals surface area (Å²) < 4.78 is 29.8. The molecule has 0 aromatic heterocycles. The van der Waals surface area contributed by atoms with Gasteiger partial charge in [-0.25, -0.2) is 8.42 Å². The minimum Gasteiger partial charge on any atom is -0.325 e. The third kappa shape index (κ3) is 6.32. The normalized spacial score (nSPS) is 17.3. The van der Waals surface area contributed by atoms with Crippen molar-refractivity contribution in [3.05, 3.63) is 118 Å². The van der Waals surface area contributed by atoms with E-state index in [2.05, 4.69) is 27.1 Å². The number of sulfonamides is 1. The zero-order valence-electron chi connectivity index (χ0n) is 25.4. The van der Waals surface area contributed by atoms with Crippen molar-refractivity contribution in [1.29, 1.82) is 0 Å². The number of hydrogen-bond donors (Lipinski definition) is 2. The van der Waals surface area contributed by atoms with Gasteiger partial charge in [0.2, 0.25) is 5.91 Å². The van der Waals surface area contributed by atoms with Gasteiger partial charge < -0.3 is 5.32 Å². The third-order valence-electron chi connectivity index (χ3n) is 8.39. The number of fused-ring (bicyclic) bond motifs is 1. The van der Waals surface area contributed by atoms with Crippen molar-refractivity contribution in [2.75, 3.05) is 23.1 Å². The van der Waals surface area contributed by atoms with E-state index in [0.717, 1.165) is 36.4 Å². The highest BCUT2D eigenvalue weighted by Gasteiger charge is 2.36. The molecule has 2 aliphatic rings. The van der Waals surface area contributed by atoms with Gasteiger partial charge in [0, 0.05) is 17.9 Å².